The van der Waals surface area contributed by atoms with Gasteiger partial charge in [-0.1, -0.05) is 13.8 Å². The van der Waals surface area contributed by atoms with Gasteiger partial charge in [0.2, 0.25) is 0 Å². The Kier molecular flexibility index (Phi) is 6.32. The average Bonchev–Trinajstić information content (AvgIpc) is 2.88. The summed E-state index contributed by atoms with van der Waals surface area (Å²) in [4.78, 5) is 0. The maximum absolute atomic E-state index is 9.85. The zero-order chi connectivity index (χ0) is 13.4. The first-order valence-corrected chi connectivity index (χ1v) is 6.63. The number of aliphatic hydroxyl groups excluding tert-OH is 2. The van der Waals surface area contributed by atoms with E-state index in [1.165, 1.54) is 0 Å². The Hall–Kier alpha value is -0.910. The van der Waals surface area contributed by atoms with Crippen LogP contribution in [0.4, 0.5) is 0 Å². The summed E-state index contributed by atoms with van der Waals surface area (Å²) in [5, 5.41) is 26.6. The van der Waals surface area contributed by atoms with Gasteiger partial charge in [0.1, 0.15) is 0 Å². The van der Waals surface area contributed by atoms with E-state index in [1.54, 1.807) is 10.9 Å². The summed E-state index contributed by atoms with van der Waals surface area (Å²) >= 11 is 0. The van der Waals surface area contributed by atoms with Gasteiger partial charge < -0.3 is 15.5 Å². The first-order chi connectivity index (χ1) is 8.65. The first-order valence-electron chi connectivity index (χ1n) is 6.63. The molecule has 0 spiro atoms. The van der Waals surface area contributed by atoms with Crippen molar-refractivity contribution in [3.05, 3.63) is 18.5 Å². The lowest BCUT2D eigenvalue weighted by molar-refractivity contribution is 0.0997. The quantitative estimate of drug-likeness (QED) is 0.605. The van der Waals surface area contributed by atoms with Crippen LogP contribution >= 0.6 is 0 Å². The van der Waals surface area contributed by atoms with Crippen molar-refractivity contribution in [3.8, 4) is 0 Å². The van der Waals surface area contributed by atoms with Crippen molar-refractivity contribution >= 4 is 0 Å². The third-order valence-electron chi connectivity index (χ3n) is 3.67. The van der Waals surface area contributed by atoms with Crippen molar-refractivity contribution < 1.29 is 10.2 Å². The smallest absolute Gasteiger partial charge is 0.0860 e. The van der Waals surface area contributed by atoms with Crippen molar-refractivity contribution in [3.63, 3.8) is 0 Å². The zero-order valence-electron chi connectivity index (χ0n) is 11.3. The highest BCUT2D eigenvalue weighted by molar-refractivity contribution is 4.80. The van der Waals surface area contributed by atoms with Gasteiger partial charge in [0.05, 0.1) is 12.6 Å². The molecule has 0 aliphatic carbocycles. The van der Waals surface area contributed by atoms with E-state index < -0.39 is 6.10 Å². The molecule has 1 rings (SSSR count). The highest BCUT2D eigenvalue weighted by atomic mass is 16.3. The number of nitrogens with zero attached hydrogens (tertiary/aromatic N) is 2. The lowest BCUT2D eigenvalue weighted by atomic mass is 9.83. The summed E-state index contributed by atoms with van der Waals surface area (Å²) in [6.07, 6.45) is 4.93. The van der Waals surface area contributed by atoms with E-state index >= 15 is 0 Å². The molecule has 0 saturated heterocycles. The van der Waals surface area contributed by atoms with Gasteiger partial charge in [0, 0.05) is 37.5 Å². The van der Waals surface area contributed by atoms with Crippen molar-refractivity contribution in [1.29, 1.82) is 0 Å². The standard InChI is InChI=1S/C13H25N3O2/c1-3-13(4-2,11-17)10-14-8-12(18)9-16-7-5-6-15-16/h5-7,12,14,17-18H,3-4,8-11H2,1-2H3. The molecule has 0 bridgehead atoms. The molecule has 3 N–H and O–H groups in total. The first kappa shape index (κ1) is 15.1. The molecule has 5 heteroatoms. The maximum Gasteiger partial charge on any atom is 0.0860 e. The van der Waals surface area contributed by atoms with Gasteiger partial charge >= 0.3 is 0 Å². The Morgan fingerprint density at radius 2 is 2.11 bits per heavy atom. The van der Waals surface area contributed by atoms with E-state index in [4.69, 9.17) is 0 Å². The minimum absolute atomic E-state index is 0.0641. The monoisotopic (exact) mass is 255 g/mol. The second-order valence-corrected chi connectivity index (χ2v) is 4.88. The fourth-order valence-electron chi connectivity index (χ4n) is 1.97. The van der Waals surface area contributed by atoms with Crippen molar-refractivity contribution in [2.24, 2.45) is 5.41 Å². The van der Waals surface area contributed by atoms with Crippen LogP contribution in [0.2, 0.25) is 0 Å². The molecule has 1 atom stereocenters. The van der Waals surface area contributed by atoms with Crippen LogP contribution in [0.25, 0.3) is 0 Å². The van der Waals surface area contributed by atoms with Crippen LogP contribution in [0.1, 0.15) is 26.7 Å². The molecule has 1 heterocycles. The molecule has 0 radical (unpaired) electrons. The highest BCUT2D eigenvalue weighted by Gasteiger charge is 2.24. The summed E-state index contributed by atoms with van der Waals surface area (Å²) in [7, 11) is 0. The van der Waals surface area contributed by atoms with E-state index in [0.717, 1.165) is 19.4 Å². The summed E-state index contributed by atoms with van der Waals surface area (Å²) in [5.74, 6) is 0. The second kappa shape index (κ2) is 7.51. The van der Waals surface area contributed by atoms with Crippen molar-refractivity contribution in [2.45, 2.75) is 39.3 Å². The van der Waals surface area contributed by atoms with Crippen LogP contribution in [0.15, 0.2) is 18.5 Å². The molecular formula is C13H25N3O2. The molecule has 0 aliphatic rings. The van der Waals surface area contributed by atoms with E-state index in [0.29, 0.717) is 13.1 Å². The van der Waals surface area contributed by atoms with Gasteiger partial charge in [0.15, 0.2) is 0 Å². The normalized spacial score (nSPS) is 13.8. The van der Waals surface area contributed by atoms with Crippen molar-refractivity contribution in [2.75, 3.05) is 19.7 Å². The molecule has 1 unspecified atom stereocenters. The van der Waals surface area contributed by atoms with Crippen LogP contribution in [-0.2, 0) is 6.54 Å². The van der Waals surface area contributed by atoms with Gasteiger partial charge in [0.25, 0.3) is 0 Å². The SMILES string of the molecule is CCC(CC)(CO)CNCC(O)Cn1cccn1. The third-order valence-corrected chi connectivity index (χ3v) is 3.67. The topological polar surface area (TPSA) is 70.3 Å². The minimum atomic E-state index is -0.463. The van der Waals surface area contributed by atoms with Crippen LogP contribution < -0.4 is 5.32 Å². The number of hydrogen-bond donors (Lipinski definition) is 3. The van der Waals surface area contributed by atoms with Crippen LogP contribution in [0, 0.1) is 5.41 Å². The van der Waals surface area contributed by atoms with E-state index in [1.807, 2.05) is 12.3 Å². The van der Waals surface area contributed by atoms with Crippen LogP contribution in [-0.4, -0.2) is 45.8 Å². The van der Waals surface area contributed by atoms with Gasteiger partial charge in [-0.15, -0.1) is 0 Å². The Morgan fingerprint density at radius 3 is 2.61 bits per heavy atom. The number of nitrogens with one attached hydrogen (secondary N) is 1. The van der Waals surface area contributed by atoms with E-state index in [2.05, 4.69) is 24.3 Å². The molecule has 0 aliphatic heterocycles. The summed E-state index contributed by atoms with van der Waals surface area (Å²) < 4.78 is 1.71. The zero-order valence-corrected chi connectivity index (χ0v) is 11.3. The molecule has 5 nitrogen and oxygen atoms in total. The molecule has 1 aromatic heterocycles. The summed E-state index contributed by atoms with van der Waals surface area (Å²) in [6.45, 7) is 6.09. The molecule has 0 amide bonds. The van der Waals surface area contributed by atoms with Gasteiger partial charge in [-0.3, -0.25) is 4.68 Å². The van der Waals surface area contributed by atoms with Gasteiger partial charge in [-0.05, 0) is 18.9 Å². The maximum atomic E-state index is 9.85. The number of aromatic nitrogens is 2. The fourth-order valence-corrected chi connectivity index (χ4v) is 1.97. The molecule has 104 valence electrons. The molecule has 0 saturated carbocycles. The number of rotatable bonds is 9. The van der Waals surface area contributed by atoms with E-state index in [9.17, 15) is 10.2 Å². The predicted octanol–water partition coefficient (Wildman–Crippen LogP) is 0.632. The largest absolute Gasteiger partial charge is 0.396 e. The van der Waals surface area contributed by atoms with Gasteiger partial charge in [-0.2, -0.15) is 5.10 Å². The Morgan fingerprint density at radius 1 is 1.39 bits per heavy atom. The lowest BCUT2D eigenvalue weighted by Crippen LogP contribution is -2.40. The second-order valence-electron chi connectivity index (χ2n) is 4.88. The van der Waals surface area contributed by atoms with Gasteiger partial charge in [-0.25, -0.2) is 0 Å². The third kappa shape index (κ3) is 4.40. The summed E-state index contributed by atoms with van der Waals surface area (Å²) in [5.41, 5.74) is -0.0641. The number of hydrogen-bond acceptors (Lipinski definition) is 4. The summed E-state index contributed by atoms with van der Waals surface area (Å²) in [6, 6.07) is 1.84. The van der Waals surface area contributed by atoms with Crippen molar-refractivity contribution in [1.82, 2.24) is 15.1 Å². The lowest BCUT2D eigenvalue weighted by Gasteiger charge is -2.30. The Labute approximate surface area is 109 Å². The molecule has 18 heavy (non-hydrogen) atoms. The van der Waals surface area contributed by atoms with E-state index in [-0.39, 0.29) is 12.0 Å². The minimum Gasteiger partial charge on any atom is -0.396 e. The average molecular weight is 255 g/mol. The molecule has 0 aromatic carbocycles. The fraction of sp³-hybridized carbons (Fsp3) is 0.769. The van der Waals surface area contributed by atoms with Crippen LogP contribution in [0.3, 0.4) is 0 Å². The number of aliphatic hydroxyl groups is 2. The molecular weight excluding hydrogens is 230 g/mol. The van der Waals surface area contributed by atoms with Crippen LogP contribution in [0.5, 0.6) is 0 Å². The Bertz CT molecular complexity index is 302. The molecule has 0 fully saturated rings. The Balaban J connectivity index is 2.28. The molecule has 1 aromatic rings. The highest BCUT2D eigenvalue weighted by Crippen LogP contribution is 2.24. The predicted molar refractivity (Wildman–Crippen MR) is 71.2 cm³/mol.